The van der Waals surface area contributed by atoms with Gasteiger partial charge in [0.25, 0.3) is 11.8 Å². The topological polar surface area (TPSA) is 84.2 Å². The minimum Gasteiger partial charge on any atom is -0.481 e. The van der Waals surface area contributed by atoms with Crippen molar-refractivity contribution in [2.24, 2.45) is 5.92 Å². The Kier molecular flexibility index (Phi) is 5.10. The smallest absolute Gasteiger partial charge is 0.306 e. The first kappa shape index (κ1) is 19.5. The van der Waals surface area contributed by atoms with Crippen LogP contribution in [-0.2, 0) is 17.6 Å². The van der Waals surface area contributed by atoms with E-state index in [1.165, 1.54) is 0 Å². The van der Waals surface area contributed by atoms with Crippen molar-refractivity contribution >= 4 is 11.9 Å². The average molecular weight is 403 g/mol. The first-order valence-electron chi connectivity index (χ1n) is 9.94. The van der Waals surface area contributed by atoms with E-state index in [-0.39, 0.29) is 25.0 Å². The highest BCUT2D eigenvalue weighted by Crippen LogP contribution is 2.35. The van der Waals surface area contributed by atoms with E-state index in [4.69, 9.17) is 5.11 Å². The van der Waals surface area contributed by atoms with Crippen molar-refractivity contribution in [1.82, 2.24) is 15.1 Å². The molecule has 1 fully saturated rings. The van der Waals surface area contributed by atoms with Crippen molar-refractivity contribution in [2.45, 2.75) is 56.9 Å². The molecule has 0 radical (unpaired) electrons. The molecule has 6 nitrogen and oxygen atoms in total. The van der Waals surface area contributed by atoms with Gasteiger partial charge in [0.15, 0.2) is 5.69 Å². The van der Waals surface area contributed by atoms with Gasteiger partial charge in [0.2, 0.25) is 0 Å². The number of hydrogen-bond acceptors (Lipinski definition) is 3. The highest BCUT2D eigenvalue weighted by atomic mass is 19.3. The number of carboxylic acids is 1. The Balaban J connectivity index is 1.58. The van der Waals surface area contributed by atoms with E-state index in [0.29, 0.717) is 6.42 Å². The summed E-state index contributed by atoms with van der Waals surface area (Å²) in [6.07, 6.45) is 1.76. The fourth-order valence-corrected chi connectivity index (χ4v) is 4.32. The van der Waals surface area contributed by atoms with E-state index in [9.17, 15) is 18.4 Å². The number of aromatic nitrogens is 2. The summed E-state index contributed by atoms with van der Waals surface area (Å²) < 4.78 is 30.8. The lowest BCUT2D eigenvalue weighted by molar-refractivity contribution is -0.142. The van der Waals surface area contributed by atoms with E-state index in [1.54, 1.807) is 4.68 Å². The number of hydrogen-bond donors (Lipinski definition) is 2. The van der Waals surface area contributed by atoms with Crippen molar-refractivity contribution in [3.63, 3.8) is 0 Å². The Morgan fingerprint density at radius 1 is 1.14 bits per heavy atom. The summed E-state index contributed by atoms with van der Waals surface area (Å²) in [5.74, 6) is -5.63. The van der Waals surface area contributed by atoms with Crippen molar-refractivity contribution in [1.29, 1.82) is 0 Å². The van der Waals surface area contributed by atoms with Crippen LogP contribution < -0.4 is 5.32 Å². The van der Waals surface area contributed by atoms with Crippen molar-refractivity contribution in [3.05, 3.63) is 47.3 Å². The number of aliphatic carboxylic acids is 1. The maximum Gasteiger partial charge on any atom is 0.306 e. The van der Waals surface area contributed by atoms with Gasteiger partial charge in [-0.1, -0.05) is 18.2 Å². The predicted molar refractivity (Wildman–Crippen MR) is 101 cm³/mol. The van der Waals surface area contributed by atoms with Crippen LogP contribution in [0.3, 0.4) is 0 Å². The third kappa shape index (κ3) is 3.75. The molecule has 0 saturated heterocycles. The standard InChI is InChI=1S/C21H23F2N3O3/c22-21(23)12-11-13(20(28)29)9-10-17(21)24-19(27)18-15-7-4-8-16(15)26(25-18)14-5-2-1-3-6-14/h1-3,5-6,13,17H,4,7-12H2,(H,24,27)(H,28,29)/t13-,17-/m1/s1. The van der Waals surface area contributed by atoms with Gasteiger partial charge >= 0.3 is 5.97 Å². The summed E-state index contributed by atoms with van der Waals surface area (Å²) >= 11 is 0. The number of carbonyl (C=O) groups is 2. The minimum atomic E-state index is -3.15. The van der Waals surface area contributed by atoms with E-state index in [1.807, 2.05) is 30.3 Å². The lowest BCUT2D eigenvalue weighted by Crippen LogP contribution is -2.47. The number of halogens is 2. The molecule has 0 bridgehead atoms. The molecule has 1 saturated carbocycles. The van der Waals surface area contributed by atoms with Crippen LogP contribution in [0.1, 0.15) is 53.8 Å². The quantitative estimate of drug-likeness (QED) is 0.767. The van der Waals surface area contributed by atoms with Gasteiger partial charge in [0.1, 0.15) is 0 Å². The number of para-hydroxylation sites is 1. The number of fused-ring (bicyclic) bond motifs is 1. The van der Waals surface area contributed by atoms with Crippen molar-refractivity contribution in [3.8, 4) is 5.69 Å². The zero-order valence-electron chi connectivity index (χ0n) is 15.9. The van der Waals surface area contributed by atoms with Gasteiger partial charge in [-0.2, -0.15) is 5.10 Å². The first-order valence-corrected chi connectivity index (χ1v) is 9.94. The maximum absolute atomic E-state index is 14.6. The molecule has 2 N–H and O–H groups in total. The third-order valence-corrected chi connectivity index (χ3v) is 5.94. The molecule has 0 aliphatic heterocycles. The van der Waals surface area contributed by atoms with Gasteiger partial charge in [-0.3, -0.25) is 9.59 Å². The SMILES string of the molecule is O=C(N[C@@H]1CC[C@@H](C(=O)O)CCC1(F)F)c1nn(-c2ccccc2)c2c1CCC2. The second-order valence-corrected chi connectivity index (χ2v) is 7.81. The lowest BCUT2D eigenvalue weighted by atomic mass is 10.0. The number of amides is 1. The van der Waals surface area contributed by atoms with Crippen LogP contribution in [0, 0.1) is 5.92 Å². The Morgan fingerprint density at radius 3 is 2.62 bits per heavy atom. The highest BCUT2D eigenvalue weighted by molar-refractivity contribution is 5.94. The number of nitrogens with zero attached hydrogens (tertiary/aromatic N) is 2. The van der Waals surface area contributed by atoms with E-state index in [2.05, 4.69) is 10.4 Å². The average Bonchev–Trinajstić information content (AvgIpc) is 3.25. The zero-order valence-corrected chi connectivity index (χ0v) is 15.9. The normalized spacial score (nSPS) is 23.2. The van der Waals surface area contributed by atoms with Crippen molar-refractivity contribution < 1.29 is 23.5 Å². The molecule has 1 aromatic heterocycles. The number of rotatable bonds is 4. The Morgan fingerprint density at radius 2 is 1.90 bits per heavy atom. The monoisotopic (exact) mass is 403 g/mol. The molecule has 2 aliphatic rings. The fourth-order valence-electron chi connectivity index (χ4n) is 4.32. The Bertz CT molecular complexity index is 927. The van der Waals surface area contributed by atoms with Gasteiger partial charge in [-0.15, -0.1) is 0 Å². The van der Waals surface area contributed by atoms with Crippen LogP contribution in [0.15, 0.2) is 30.3 Å². The second-order valence-electron chi connectivity index (χ2n) is 7.81. The molecule has 0 unspecified atom stereocenters. The molecule has 2 aliphatic carbocycles. The number of benzene rings is 1. The van der Waals surface area contributed by atoms with Gasteiger partial charge in [0.05, 0.1) is 17.6 Å². The van der Waals surface area contributed by atoms with Crippen LogP contribution >= 0.6 is 0 Å². The molecule has 0 spiro atoms. The molecule has 1 heterocycles. The second kappa shape index (κ2) is 7.57. The van der Waals surface area contributed by atoms with Crippen molar-refractivity contribution in [2.75, 3.05) is 0 Å². The largest absolute Gasteiger partial charge is 0.481 e. The molecule has 2 atom stereocenters. The van der Waals surface area contributed by atoms with Crippen LogP contribution in [0.5, 0.6) is 0 Å². The lowest BCUT2D eigenvalue weighted by Gasteiger charge is -2.25. The Hall–Kier alpha value is -2.77. The molecular formula is C21H23F2N3O3. The summed E-state index contributed by atoms with van der Waals surface area (Å²) in [6, 6.07) is 8.03. The van der Waals surface area contributed by atoms with Gasteiger partial charge < -0.3 is 10.4 Å². The number of nitrogens with one attached hydrogen (secondary N) is 1. The number of carboxylic acid groups (broad SMARTS) is 1. The first-order chi connectivity index (χ1) is 13.9. The maximum atomic E-state index is 14.6. The van der Waals surface area contributed by atoms with E-state index < -0.39 is 36.2 Å². The van der Waals surface area contributed by atoms with Crippen LogP contribution in [-0.4, -0.2) is 38.7 Å². The summed E-state index contributed by atoms with van der Waals surface area (Å²) in [5.41, 5.74) is 2.77. The van der Waals surface area contributed by atoms with E-state index in [0.717, 1.165) is 29.8 Å². The highest BCUT2D eigenvalue weighted by Gasteiger charge is 2.44. The molecular weight excluding hydrogens is 380 g/mol. The zero-order chi connectivity index (χ0) is 20.6. The third-order valence-electron chi connectivity index (χ3n) is 5.94. The molecule has 29 heavy (non-hydrogen) atoms. The van der Waals surface area contributed by atoms with Crippen LogP contribution in [0.25, 0.3) is 5.69 Å². The summed E-state index contributed by atoms with van der Waals surface area (Å²) in [5, 5.41) is 16.1. The molecule has 154 valence electrons. The summed E-state index contributed by atoms with van der Waals surface area (Å²) in [4.78, 5) is 24.1. The molecule has 4 rings (SSSR count). The number of carbonyl (C=O) groups excluding carboxylic acids is 1. The fraction of sp³-hybridized carbons (Fsp3) is 0.476. The summed E-state index contributed by atoms with van der Waals surface area (Å²) in [6.45, 7) is 0. The predicted octanol–water partition coefficient (Wildman–Crippen LogP) is 3.37. The summed E-state index contributed by atoms with van der Waals surface area (Å²) in [7, 11) is 0. The molecule has 2 aromatic rings. The minimum absolute atomic E-state index is 0.0721. The molecule has 8 heteroatoms. The van der Waals surface area contributed by atoms with Gasteiger partial charge in [-0.05, 0) is 50.7 Å². The van der Waals surface area contributed by atoms with E-state index >= 15 is 0 Å². The van der Waals surface area contributed by atoms with Crippen LogP contribution in [0.2, 0.25) is 0 Å². The van der Waals surface area contributed by atoms with Gasteiger partial charge in [0, 0.05) is 17.7 Å². The number of alkyl halides is 2. The van der Waals surface area contributed by atoms with Crippen LogP contribution in [0.4, 0.5) is 8.78 Å². The Labute approximate surface area is 166 Å². The molecule has 1 aromatic carbocycles. The van der Waals surface area contributed by atoms with Gasteiger partial charge in [-0.25, -0.2) is 13.5 Å². The molecule has 1 amide bonds.